The van der Waals surface area contributed by atoms with Crippen LogP contribution in [0.25, 0.3) is 0 Å². The summed E-state index contributed by atoms with van der Waals surface area (Å²) in [6.45, 7) is 8.70. The lowest BCUT2D eigenvalue weighted by molar-refractivity contribution is -0.145. The highest BCUT2D eigenvalue weighted by Gasteiger charge is 2.37. The van der Waals surface area contributed by atoms with Gasteiger partial charge in [0.05, 0.1) is 13.0 Å². The van der Waals surface area contributed by atoms with E-state index < -0.39 is 0 Å². The summed E-state index contributed by atoms with van der Waals surface area (Å²) in [5, 5.41) is 7.06. The number of carbonyl (C=O) groups is 1. The van der Waals surface area contributed by atoms with Crippen LogP contribution >= 0.6 is 0 Å². The molecule has 0 aromatic heterocycles. The van der Waals surface area contributed by atoms with Gasteiger partial charge in [-0.05, 0) is 24.0 Å². The van der Waals surface area contributed by atoms with Gasteiger partial charge < -0.3 is 20.3 Å². The van der Waals surface area contributed by atoms with Crippen LogP contribution < -0.4 is 10.6 Å². The summed E-state index contributed by atoms with van der Waals surface area (Å²) in [6, 6.07) is 10.5. The Kier molecular flexibility index (Phi) is 7.30. The van der Waals surface area contributed by atoms with E-state index in [4.69, 9.17) is 4.74 Å². The van der Waals surface area contributed by atoms with Crippen LogP contribution in [0.15, 0.2) is 35.3 Å². The quantitative estimate of drug-likeness (QED) is 0.463. The molecule has 0 bridgehead atoms. The number of anilines is 1. The molecule has 1 saturated heterocycles. The number of likely N-dealkylation sites (tertiary alicyclic amines) is 1. The Bertz CT molecular complexity index is 603. The highest BCUT2D eigenvalue weighted by molar-refractivity contribution is 5.82. The molecule has 0 spiro atoms. The molecule has 3 unspecified atom stereocenters. The van der Waals surface area contributed by atoms with E-state index in [0.717, 1.165) is 24.7 Å². The van der Waals surface area contributed by atoms with Crippen molar-refractivity contribution in [3.63, 3.8) is 0 Å². The Labute approximate surface area is 157 Å². The number of hydrogen-bond donors (Lipinski definition) is 2. The molecule has 1 aliphatic heterocycles. The molecule has 1 aromatic rings. The highest BCUT2D eigenvalue weighted by Crippen LogP contribution is 2.24. The average Bonchev–Trinajstić information content (AvgIpc) is 3.02. The third-order valence-electron chi connectivity index (χ3n) is 5.04. The summed E-state index contributed by atoms with van der Waals surface area (Å²) < 4.78 is 4.93. The average molecular weight is 361 g/mol. The lowest BCUT2D eigenvalue weighted by atomic mass is 9.99. The number of ether oxygens (including phenoxy) is 1. The summed E-state index contributed by atoms with van der Waals surface area (Å²) in [4.78, 5) is 18.5. The van der Waals surface area contributed by atoms with Gasteiger partial charge in [-0.25, -0.2) is 0 Å². The van der Waals surface area contributed by atoms with E-state index in [0.29, 0.717) is 12.5 Å². The molecule has 1 fully saturated rings. The second-order valence-electron chi connectivity index (χ2n) is 7.30. The molecular formula is C20H32N4O2. The van der Waals surface area contributed by atoms with Gasteiger partial charge in [0.15, 0.2) is 5.96 Å². The minimum Gasteiger partial charge on any atom is -0.469 e. The van der Waals surface area contributed by atoms with Gasteiger partial charge >= 0.3 is 5.97 Å². The summed E-state index contributed by atoms with van der Waals surface area (Å²) >= 11 is 0. The Hall–Kier alpha value is -2.24. The molecule has 0 radical (unpaired) electrons. The molecule has 6 nitrogen and oxygen atoms in total. The van der Waals surface area contributed by atoms with Gasteiger partial charge in [-0.3, -0.25) is 9.79 Å². The molecule has 0 saturated carbocycles. The second-order valence-corrected chi connectivity index (χ2v) is 7.30. The van der Waals surface area contributed by atoms with Crippen molar-refractivity contribution in [1.82, 2.24) is 10.2 Å². The predicted octanol–water partition coefficient (Wildman–Crippen LogP) is 2.44. The molecule has 3 atom stereocenters. The van der Waals surface area contributed by atoms with Crippen molar-refractivity contribution in [3.8, 4) is 0 Å². The van der Waals surface area contributed by atoms with Crippen LogP contribution in [-0.2, 0) is 9.53 Å². The zero-order chi connectivity index (χ0) is 19.1. The van der Waals surface area contributed by atoms with Crippen molar-refractivity contribution in [2.24, 2.45) is 22.7 Å². The number of para-hydroxylation sites is 1. The van der Waals surface area contributed by atoms with Crippen LogP contribution in [0.1, 0.15) is 20.8 Å². The molecule has 1 heterocycles. The summed E-state index contributed by atoms with van der Waals surface area (Å²) in [5.41, 5.74) is 1.11. The lowest BCUT2D eigenvalue weighted by Gasteiger charge is -2.27. The first kappa shape index (κ1) is 20.1. The maximum Gasteiger partial charge on any atom is 0.310 e. The maximum absolute atomic E-state index is 11.9. The van der Waals surface area contributed by atoms with Crippen molar-refractivity contribution in [1.29, 1.82) is 0 Å². The van der Waals surface area contributed by atoms with Gasteiger partial charge in [-0.2, -0.15) is 0 Å². The molecule has 6 heteroatoms. The number of aliphatic imine (C=N–C) groups is 1. The molecule has 1 aromatic carbocycles. The first-order chi connectivity index (χ1) is 12.5. The number of guanidine groups is 1. The van der Waals surface area contributed by atoms with E-state index in [2.05, 4.69) is 53.4 Å². The molecular weight excluding hydrogens is 328 g/mol. The number of hydrogen-bond acceptors (Lipinski definition) is 4. The Balaban J connectivity index is 1.95. The Morgan fingerprint density at radius 3 is 2.58 bits per heavy atom. The summed E-state index contributed by atoms with van der Waals surface area (Å²) in [5.74, 6) is 1.32. The first-order valence-corrected chi connectivity index (χ1v) is 9.31. The molecule has 1 aliphatic rings. The topological polar surface area (TPSA) is 66.0 Å². The largest absolute Gasteiger partial charge is 0.469 e. The molecule has 26 heavy (non-hydrogen) atoms. The smallest absolute Gasteiger partial charge is 0.310 e. The van der Waals surface area contributed by atoms with E-state index in [1.807, 2.05) is 18.2 Å². The minimum atomic E-state index is -0.138. The van der Waals surface area contributed by atoms with Crippen LogP contribution in [0.4, 0.5) is 5.69 Å². The monoisotopic (exact) mass is 360 g/mol. The van der Waals surface area contributed by atoms with Gasteiger partial charge in [0.2, 0.25) is 0 Å². The fourth-order valence-electron chi connectivity index (χ4n) is 3.33. The van der Waals surface area contributed by atoms with Crippen LogP contribution in [0.5, 0.6) is 0 Å². The highest BCUT2D eigenvalue weighted by atomic mass is 16.5. The third kappa shape index (κ3) is 5.13. The van der Waals surface area contributed by atoms with Gasteiger partial charge in [0.25, 0.3) is 0 Å². The number of rotatable bonds is 6. The van der Waals surface area contributed by atoms with E-state index in [9.17, 15) is 4.79 Å². The van der Waals surface area contributed by atoms with E-state index in [1.165, 1.54) is 7.11 Å². The number of benzene rings is 1. The molecule has 2 rings (SSSR count). The van der Waals surface area contributed by atoms with E-state index >= 15 is 0 Å². The SMILES string of the molecule is CN=C(NCC(Nc1ccccc1)C(C)C)N1CC(C)C(C(=O)OC)C1. The van der Waals surface area contributed by atoms with Crippen LogP contribution in [0, 0.1) is 17.8 Å². The Morgan fingerprint density at radius 2 is 2.00 bits per heavy atom. The second kappa shape index (κ2) is 9.46. The van der Waals surface area contributed by atoms with Crippen molar-refractivity contribution in [2.45, 2.75) is 26.8 Å². The Morgan fingerprint density at radius 1 is 1.31 bits per heavy atom. The van der Waals surface area contributed by atoms with Crippen molar-refractivity contribution < 1.29 is 9.53 Å². The number of nitrogens with one attached hydrogen (secondary N) is 2. The van der Waals surface area contributed by atoms with E-state index in [1.54, 1.807) is 7.05 Å². The van der Waals surface area contributed by atoms with Crippen LogP contribution in [0.2, 0.25) is 0 Å². The van der Waals surface area contributed by atoms with Crippen molar-refractivity contribution in [3.05, 3.63) is 30.3 Å². The van der Waals surface area contributed by atoms with Crippen molar-refractivity contribution >= 4 is 17.6 Å². The number of carbonyl (C=O) groups excluding carboxylic acids is 1. The minimum absolute atomic E-state index is 0.0955. The predicted molar refractivity (Wildman–Crippen MR) is 106 cm³/mol. The molecule has 0 aliphatic carbocycles. The normalized spacial score (nSPS) is 21.6. The molecule has 0 amide bonds. The van der Waals surface area contributed by atoms with Crippen LogP contribution in [0.3, 0.4) is 0 Å². The number of esters is 1. The van der Waals surface area contributed by atoms with Crippen molar-refractivity contribution in [2.75, 3.05) is 39.1 Å². The lowest BCUT2D eigenvalue weighted by Crippen LogP contribution is -2.46. The van der Waals surface area contributed by atoms with E-state index in [-0.39, 0.29) is 23.8 Å². The van der Waals surface area contributed by atoms with Crippen LogP contribution in [-0.4, -0.2) is 56.7 Å². The molecule has 144 valence electrons. The fourth-order valence-corrected chi connectivity index (χ4v) is 3.33. The number of methoxy groups -OCH3 is 1. The summed E-state index contributed by atoms with van der Waals surface area (Å²) in [7, 11) is 3.24. The first-order valence-electron chi connectivity index (χ1n) is 9.31. The maximum atomic E-state index is 11.9. The van der Waals surface area contributed by atoms with Gasteiger partial charge in [0.1, 0.15) is 0 Å². The van der Waals surface area contributed by atoms with Gasteiger partial charge in [0, 0.05) is 38.4 Å². The number of nitrogens with zero attached hydrogens (tertiary/aromatic N) is 2. The van der Waals surface area contributed by atoms with Gasteiger partial charge in [-0.1, -0.05) is 39.0 Å². The third-order valence-corrected chi connectivity index (χ3v) is 5.04. The zero-order valence-corrected chi connectivity index (χ0v) is 16.5. The molecule has 2 N–H and O–H groups in total. The van der Waals surface area contributed by atoms with Gasteiger partial charge in [-0.15, -0.1) is 0 Å². The summed E-state index contributed by atoms with van der Waals surface area (Å²) in [6.07, 6.45) is 0. The fraction of sp³-hybridized carbons (Fsp3) is 0.600. The standard InChI is InChI=1S/C20H32N4O2/c1-14(2)18(23-16-9-7-6-8-10-16)11-22-20(21-4)24-12-15(3)17(13-24)19(25)26-5/h6-10,14-15,17-18,23H,11-13H2,1-5H3,(H,21,22). The zero-order valence-electron chi connectivity index (χ0n) is 16.5.